The van der Waals surface area contributed by atoms with Gasteiger partial charge in [-0.05, 0) is 37.0 Å². The number of methoxy groups -OCH3 is 1. The highest BCUT2D eigenvalue weighted by Gasteiger charge is 2.23. The minimum absolute atomic E-state index is 0.241. The molecule has 2 amide bonds. The van der Waals surface area contributed by atoms with Gasteiger partial charge in [0.25, 0.3) is 11.8 Å². The lowest BCUT2D eigenvalue weighted by atomic mass is 10.1. The molecular weight excluding hydrogens is 438 g/mol. The Kier molecular flexibility index (Phi) is 8.98. The zero-order chi connectivity index (χ0) is 23.6. The van der Waals surface area contributed by atoms with E-state index >= 15 is 0 Å². The number of rotatable bonds is 9. The molecule has 33 heavy (non-hydrogen) atoms. The Hall–Kier alpha value is -3.22. The number of carbonyl (C=O) groups is 2. The van der Waals surface area contributed by atoms with Gasteiger partial charge in [-0.3, -0.25) is 9.59 Å². The summed E-state index contributed by atoms with van der Waals surface area (Å²) < 4.78 is 4.98. The molecule has 9 heteroatoms. The molecule has 0 atom stereocenters. The zero-order valence-electron chi connectivity index (χ0n) is 19.0. The summed E-state index contributed by atoms with van der Waals surface area (Å²) in [6, 6.07) is 11.0. The van der Waals surface area contributed by atoms with Crippen LogP contribution in [0.3, 0.4) is 0 Å². The van der Waals surface area contributed by atoms with Crippen LogP contribution in [0.1, 0.15) is 49.7 Å². The van der Waals surface area contributed by atoms with E-state index in [4.69, 9.17) is 4.74 Å². The van der Waals surface area contributed by atoms with Gasteiger partial charge in [-0.2, -0.15) is 5.26 Å². The van der Waals surface area contributed by atoms with Gasteiger partial charge in [0.15, 0.2) is 0 Å². The molecule has 2 heterocycles. The van der Waals surface area contributed by atoms with Crippen molar-refractivity contribution in [2.75, 3.05) is 40.4 Å². The fourth-order valence-corrected chi connectivity index (χ4v) is 4.56. The van der Waals surface area contributed by atoms with E-state index in [1.807, 2.05) is 12.1 Å². The molecule has 1 fully saturated rings. The molecule has 1 aliphatic rings. The number of hydrogen-bond acceptors (Lipinski definition) is 6. The topological polar surface area (TPSA) is 98.0 Å². The van der Waals surface area contributed by atoms with Crippen molar-refractivity contribution < 1.29 is 14.3 Å². The molecule has 1 saturated heterocycles. The second kappa shape index (κ2) is 12.1. The minimum Gasteiger partial charge on any atom is -0.383 e. The lowest BCUT2D eigenvalue weighted by Gasteiger charge is -2.23. The predicted octanol–water partition coefficient (Wildman–Crippen LogP) is 3.41. The summed E-state index contributed by atoms with van der Waals surface area (Å²) in [4.78, 5) is 35.0. The van der Waals surface area contributed by atoms with Crippen molar-refractivity contribution in [3.8, 4) is 6.07 Å². The maximum absolute atomic E-state index is 13.3. The van der Waals surface area contributed by atoms with Gasteiger partial charge >= 0.3 is 0 Å². The van der Waals surface area contributed by atoms with Crippen molar-refractivity contribution in [1.82, 2.24) is 15.1 Å². The summed E-state index contributed by atoms with van der Waals surface area (Å²) in [6.07, 6.45) is 5.23. The van der Waals surface area contributed by atoms with Crippen molar-refractivity contribution in [1.29, 1.82) is 5.26 Å². The Bertz CT molecular complexity index is 1040. The number of nitrogens with zero attached hydrogens (tertiary/aromatic N) is 4. The summed E-state index contributed by atoms with van der Waals surface area (Å²) in [5.74, 6) is -0.502. The van der Waals surface area contributed by atoms with Crippen LogP contribution in [-0.2, 0) is 11.3 Å². The summed E-state index contributed by atoms with van der Waals surface area (Å²) in [6.45, 7) is 2.95. The van der Waals surface area contributed by atoms with Crippen molar-refractivity contribution in [3.05, 3.63) is 51.2 Å². The zero-order valence-corrected chi connectivity index (χ0v) is 19.9. The molecule has 0 spiro atoms. The van der Waals surface area contributed by atoms with Crippen molar-refractivity contribution in [3.63, 3.8) is 0 Å². The Morgan fingerprint density at radius 3 is 2.79 bits per heavy atom. The summed E-state index contributed by atoms with van der Waals surface area (Å²) >= 11 is 1.13. The molecule has 0 bridgehead atoms. The molecule has 0 aliphatic carbocycles. The average Bonchev–Trinajstić information content (AvgIpc) is 3.27. The second-order valence-electron chi connectivity index (χ2n) is 7.85. The van der Waals surface area contributed by atoms with E-state index in [0.717, 1.165) is 42.8 Å². The van der Waals surface area contributed by atoms with Crippen molar-refractivity contribution in [2.24, 2.45) is 4.99 Å². The van der Waals surface area contributed by atoms with E-state index in [2.05, 4.69) is 21.3 Å². The molecule has 8 nitrogen and oxygen atoms in total. The predicted molar refractivity (Wildman–Crippen MR) is 129 cm³/mol. The van der Waals surface area contributed by atoms with Crippen LogP contribution in [0.2, 0.25) is 0 Å². The smallest absolute Gasteiger partial charge is 0.266 e. The number of thiophene rings is 1. The van der Waals surface area contributed by atoms with Crippen LogP contribution in [0.25, 0.3) is 0 Å². The first kappa shape index (κ1) is 24.4. The SMILES string of the molecule is COCCNC(=O)c1cc(N=CN2CCCCC2)c(C(=O)N(C)Cc2ccccc2C#N)s1. The van der Waals surface area contributed by atoms with E-state index in [9.17, 15) is 14.9 Å². The third-order valence-electron chi connectivity index (χ3n) is 5.37. The van der Waals surface area contributed by atoms with E-state index < -0.39 is 0 Å². The van der Waals surface area contributed by atoms with Crippen LogP contribution >= 0.6 is 11.3 Å². The third-order valence-corrected chi connectivity index (χ3v) is 6.48. The summed E-state index contributed by atoms with van der Waals surface area (Å²) in [5, 5.41) is 12.1. The normalized spacial score (nSPS) is 13.7. The Morgan fingerprint density at radius 1 is 1.30 bits per heavy atom. The highest BCUT2D eigenvalue weighted by molar-refractivity contribution is 7.16. The van der Waals surface area contributed by atoms with Gasteiger partial charge in [-0.25, -0.2) is 4.99 Å². The first-order valence-electron chi connectivity index (χ1n) is 11.0. The van der Waals surface area contributed by atoms with Crippen LogP contribution in [0.4, 0.5) is 5.69 Å². The maximum Gasteiger partial charge on any atom is 0.266 e. The number of hydrogen-bond donors (Lipinski definition) is 1. The number of carbonyl (C=O) groups excluding carboxylic acids is 2. The van der Waals surface area contributed by atoms with Gasteiger partial charge < -0.3 is 19.9 Å². The second-order valence-corrected chi connectivity index (χ2v) is 8.90. The van der Waals surface area contributed by atoms with Gasteiger partial charge in [0.05, 0.1) is 35.1 Å². The van der Waals surface area contributed by atoms with Gasteiger partial charge in [0.2, 0.25) is 0 Å². The molecule has 1 aromatic heterocycles. The molecular formula is C24H29N5O3S. The number of ether oxygens (including phenoxy) is 1. The minimum atomic E-state index is -0.261. The van der Waals surface area contributed by atoms with E-state index in [0.29, 0.717) is 34.2 Å². The van der Waals surface area contributed by atoms with Crippen LogP contribution < -0.4 is 5.32 Å². The Morgan fingerprint density at radius 2 is 2.06 bits per heavy atom. The first-order chi connectivity index (χ1) is 16.0. The van der Waals surface area contributed by atoms with Crippen molar-refractivity contribution >= 4 is 35.2 Å². The fraction of sp³-hybridized carbons (Fsp3) is 0.417. The number of benzene rings is 1. The monoisotopic (exact) mass is 467 g/mol. The van der Waals surface area contributed by atoms with Crippen LogP contribution in [0.15, 0.2) is 35.3 Å². The molecule has 1 aromatic carbocycles. The molecule has 0 radical (unpaired) electrons. The molecule has 174 valence electrons. The van der Waals surface area contributed by atoms with Crippen LogP contribution in [0, 0.1) is 11.3 Å². The number of likely N-dealkylation sites (tertiary alicyclic amines) is 1. The van der Waals surface area contributed by atoms with E-state index in [-0.39, 0.29) is 18.4 Å². The average molecular weight is 468 g/mol. The lowest BCUT2D eigenvalue weighted by Crippen LogP contribution is -2.28. The molecule has 2 aromatic rings. The van der Waals surface area contributed by atoms with Crippen LogP contribution in [0.5, 0.6) is 0 Å². The highest BCUT2D eigenvalue weighted by atomic mass is 32.1. The standard InChI is InChI=1S/C24H29N5O3S/c1-28(16-19-9-5-4-8-18(19)15-25)24(31)22-20(27-17-29-11-6-3-7-12-29)14-21(33-22)23(30)26-10-13-32-2/h4-5,8-9,14,17H,3,6-7,10-13,16H2,1-2H3,(H,26,30). The highest BCUT2D eigenvalue weighted by Crippen LogP contribution is 2.31. The van der Waals surface area contributed by atoms with Crippen LogP contribution in [-0.4, -0.2) is 68.4 Å². The molecule has 0 unspecified atom stereocenters. The van der Waals surface area contributed by atoms with Gasteiger partial charge in [-0.15, -0.1) is 11.3 Å². The Balaban J connectivity index is 1.83. The van der Waals surface area contributed by atoms with Gasteiger partial charge in [0.1, 0.15) is 4.88 Å². The molecule has 0 saturated carbocycles. The molecule has 1 N–H and O–H groups in total. The van der Waals surface area contributed by atoms with Gasteiger partial charge in [-0.1, -0.05) is 18.2 Å². The third kappa shape index (κ3) is 6.63. The number of nitrogens with one attached hydrogen (secondary N) is 1. The van der Waals surface area contributed by atoms with Crippen molar-refractivity contribution in [2.45, 2.75) is 25.8 Å². The quantitative estimate of drug-likeness (QED) is 0.346. The first-order valence-corrected chi connectivity index (χ1v) is 11.8. The number of nitriles is 1. The van der Waals surface area contributed by atoms with E-state index in [1.54, 1.807) is 43.6 Å². The largest absolute Gasteiger partial charge is 0.383 e. The molecule has 3 rings (SSSR count). The molecule has 1 aliphatic heterocycles. The van der Waals surface area contributed by atoms with E-state index in [1.165, 1.54) is 6.42 Å². The van der Waals surface area contributed by atoms with Gasteiger partial charge in [0, 0.05) is 40.3 Å². The Labute approximate surface area is 198 Å². The summed E-state index contributed by atoms with van der Waals surface area (Å²) in [5.41, 5.74) is 1.78. The lowest BCUT2D eigenvalue weighted by molar-refractivity contribution is 0.0790. The summed E-state index contributed by atoms with van der Waals surface area (Å²) in [7, 11) is 3.26. The number of piperidine rings is 1. The maximum atomic E-state index is 13.3. The number of amides is 2. The number of aliphatic imine (C=N–C) groups is 1. The fourth-order valence-electron chi connectivity index (χ4n) is 3.54.